The van der Waals surface area contributed by atoms with E-state index in [9.17, 15) is 0 Å². The van der Waals surface area contributed by atoms with Gasteiger partial charge < -0.3 is 0 Å². The summed E-state index contributed by atoms with van der Waals surface area (Å²) in [5.41, 5.74) is 0. The molecule has 3 atom stereocenters. The summed E-state index contributed by atoms with van der Waals surface area (Å²) >= 11 is 2.04. The van der Waals surface area contributed by atoms with Crippen LogP contribution >= 0.6 is 11.8 Å². The molecule has 0 heterocycles. The van der Waals surface area contributed by atoms with Gasteiger partial charge in [0.15, 0.2) is 0 Å². The fourth-order valence-electron chi connectivity index (χ4n) is 1.85. The third-order valence-corrected chi connectivity index (χ3v) is 4.91. The zero-order valence-corrected chi connectivity index (χ0v) is 10.1. The van der Waals surface area contributed by atoms with Crippen molar-refractivity contribution in [2.45, 2.75) is 51.2 Å². The Morgan fingerprint density at radius 3 is 2.79 bits per heavy atom. The summed E-state index contributed by atoms with van der Waals surface area (Å²) in [5, 5.41) is 9.65. The maximum absolute atomic E-state index is 9.02. The zero-order chi connectivity index (χ0) is 10.4. The standard InChI is InChI=1S/C12H21NS/c1-3-10(2)9-14-12-7-5-4-6-11(12)8-13/h10-12H,3-7,9H2,1-2H3. The molecule has 80 valence electrons. The minimum Gasteiger partial charge on any atom is -0.198 e. The van der Waals surface area contributed by atoms with E-state index in [1.165, 1.54) is 31.4 Å². The molecule has 1 saturated carbocycles. The largest absolute Gasteiger partial charge is 0.198 e. The van der Waals surface area contributed by atoms with Crippen LogP contribution in [0, 0.1) is 23.2 Å². The minimum absolute atomic E-state index is 0.331. The highest BCUT2D eigenvalue weighted by Crippen LogP contribution is 2.34. The van der Waals surface area contributed by atoms with Gasteiger partial charge >= 0.3 is 0 Å². The van der Waals surface area contributed by atoms with E-state index in [-0.39, 0.29) is 0 Å². The molecular formula is C12H21NS. The first-order chi connectivity index (χ1) is 6.77. The molecule has 1 fully saturated rings. The van der Waals surface area contributed by atoms with Gasteiger partial charge in [0.05, 0.1) is 12.0 Å². The molecule has 3 unspecified atom stereocenters. The van der Waals surface area contributed by atoms with Crippen LogP contribution in [0.25, 0.3) is 0 Å². The highest BCUT2D eigenvalue weighted by atomic mass is 32.2. The van der Waals surface area contributed by atoms with Crippen LogP contribution in [0.2, 0.25) is 0 Å². The molecule has 2 heteroatoms. The minimum atomic E-state index is 0.331. The van der Waals surface area contributed by atoms with Gasteiger partial charge in [0.25, 0.3) is 0 Å². The van der Waals surface area contributed by atoms with E-state index in [1.807, 2.05) is 11.8 Å². The van der Waals surface area contributed by atoms with Gasteiger partial charge in [0.2, 0.25) is 0 Å². The van der Waals surface area contributed by atoms with Crippen molar-refractivity contribution < 1.29 is 0 Å². The van der Waals surface area contributed by atoms with E-state index < -0.39 is 0 Å². The van der Waals surface area contributed by atoms with E-state index in [0.29, 0.717) is 11.2 Å². The van der Waals surface area contributed by atoms with E-state index >= 15 is 0 Å². The Balaban J connectivity index is 2.30. The molecule has 0 spiro atoms. The summed E-state index contributed by atoms with van der Waals surface area (Å²) in [7, 11) is 0. The molecule has 0 radical (unpaired) electrons. The van der Waals surface area contributed by atoms with Crippen molar-refractivity contribution in [3.8, 4) is 6.07 Å². The molecular weight excluding hydrogens is 190 g/mol. The lowest BCUT2D eigenvalue weighted by atomic mass is 9.90. The maximum Gasteiger partial charge on any atom is 0.0667 e. The number of hydrogen-bond donors (Lipinski definition) is 0. The summed E-state index contributed by atoms with van der Waals surface area (Å²) in [6.45, 7) is 4.55. The van der Waals surface area contributed by atoms with Gasteiger partial charge in [-0.15, -0.1) is 0 Å². The smallest absolute Gasteiger partial charge is 0.0667 e. The number of thioether (sulfide) groups is 1. The number of hydrogen-bond acceptors (Lipinski definition) is 2. The Bertz CT molecular complexity index is 197. The van der Waals surface area contributed by atoms with Gasteiger partial charge in [0, 0.05) is 5.25 Å². The fraction of sp³-hybridized carbons (Fsp3) is 0.917. The van der Waals surface area contributed by atoms with Crippen molar-refractivity contribution in [3.05, 3.63) is 0 Å². The topological polar surface area (TPSA) is 23.8 Å². The van der Waals surface area contributed by atoms with E-state index in [2.05, 4.69) is 19.9 Å². The monoisotopic (exact) mass is 211 g/mol. The van der Waals surface area contributed by atoms with Crippen molar-refractivity contribution in [1.82, 2.24) is 0 Å². The van der Waals surface area contributed by atoms with Crippen LogP contribution in [-0.2, 0) is 0 Å². The first kappa shape index (κ1) is 11.9. The Morgan fingerprint density at radius 2 is 2.14 bits per heavy atom. The lowest BCUT2D eigenvalue weighted by Gasteiger charge is -2.26. The van der Waals surface area contributed by atoms with Crippen LogP contribution in [-0.4, -0.2) is 11.0 Å². The second-order valence-electron chi connectivity index (χ2n) is 4.41. The average Bonchev–Trinajstić information content (AvgIpc) is 2.26. The lowest BCUT2D eigenvalue weighted by molar-refractivity contribution is 0.438. The van der Waals surface area contributed by atoms with Crippen molar-refractivity contribution in [2.24, 2.45) is 11.8 Å². The zero-order valence-electron chi connectivity index (χ0n) is 9.33. The molecule has 0 aromatic heterocycles. The lowest BCUT2D eigenvalue weighted by Crippen LogP contribution is -2.21. The summed E-state index contributed by atoms with van der Waals surface area (Å²) < 4.78 is 0. The van der Waals surface area contributed by atoms with E-state index in [4.69, 9.17) is 5.26 Å². The van der Waals surface area contributed by atoms with Gasteiger partial charge in [-0.3, -0.25) is 0 Å². The average molecular weight is 211 g/mol. The van der Waals surface area contributed by atoms with Crippen molar-refractivity contribution in [2.75, 3.05) is 5.75 Å². The molecule has 0 aromatic rings. The molecule has 0 N–H and O–H groups in total. The van der Waals surface area contributed by atoms with Crippen LogP contribution in [0.1, 0.15) is 46.0 Å². The molecule has 0 amide bonds. The first-order valence-corrected chi connectivity index (χ1v) is 6.84. The Morgan fingerprint density at radius 1 is 1.43 bits per heavy atom. The summed E-state index contributed by atoms with van der Waals surface area (Å²) in [4.78, 5) is 0. The van der Waals surface area contributed by atoms with Gasteiger partial charge in [-0.2, -0.15) is 17.0 Å². The predicted octanol–water partition coefficient (Wildman–Crippen LogP) is 3.85. The van der Waals surface area contributed by atoms with E-state index in [0.717, 1.165) is 12.3 Å². The van der Waals surface area contributed by atoms with Crippen LogP contribution < -0.4 is 0 Å². The third kappa shape index (κ3) is 3.53. The van der Waals surface area contributed by atoms with Crippen LogP contribution in [0.4, 0.5) is 0 Å². The van der Waals surface area contributed by atoms with E-state index in [1.54, 1.807) is 0 Å². The first-order valence-electron chi connectivity index (χ1n) is 5.79. The number of rotatable bonds is 4. The van der Waals surface area contributed by atoms with Crippen molar-refractivity contribution in [1.29, 1.82) is 5.26 Å². The highest BCUT2D eigenvalue weighted by Gasteiger charge is 2.25. The fourth-order valence-corrected chi connectivity index (χ4v) is 3.42. The molecule has 0 aliphatic heterocycles. The highest BCUT2D eigenvalue weighted by molar-refractivity contribution is 7.99. The molecule has 1 aliphatic rings. The molecule has 14 heavy (non-hydrogen) atoms. The third-order valence-electron chi connectivity index (χ3n) is 3.16. The molecule has 1 aliphatic carbocycles. The van der Waals surface area contributed by atoms with Gasteiger partial charge in [0.1, 0.15) is 0 Å². The van der Waals surface area contributed by atoms with Crippen LogP contribution in [0.15, 0.2) is 0 Å². The quantitative estimate of drug-likeness (QED) is 0.705. The molecule has 1 rings (SSSR count). The molecule has 0 bridgehead atoms. The van der Waals surface area contributed by atoms with Gasteiger partial charge in [-0.1, -0.05) is 33.1 Å². The predicted molar refractivity (Wildman–Crippen MR) is 63.3 cm³/mol. The Kier molecular flexibility index (Phi) is 5.40. The van der Waals surface area contributed by atoms with Crippen LogP contribution in [0.3, 0.4) is 0 Å². The number of nitrogens with zero attached hydrogens (tertiary/aromatic N) is 1. The second-order valence-corrected chi connectivity index (χ2v) is 5.68. The second kappa shape index (κ2) is 6.35. The SMILES string of the molecule is CCC(C)CSC1CCCCC1C#N. The van der Waals surface area contributed by atoms with Crippen LogP contribution in [0.5, 0.6) is 0 Å². The maximum atomic E-state index is 9.02. The molecule has 0 aromatic carbocycles. The Hall–Kier alpha value is -0.160. The van der Waals surface area contributed by atoms with Gasteiger partial charge in [-0.05, 0) is 24.5 Å². The molecule has 0 saturated heterocycles. The van der Waals surface area contributed by atoms with Gasteiger partial charge in [-0.25, -0.2) is 0 Å². The Labute approximate surface area is 92.3 Å². The summed E-state index contributed by atoms with van der Waals surface area (Å²) in [6.07, 6.45) is 6.25. The number of nitriles is 1. The normalized spacial score (nSPS) is 29.5. The summed E-state index contributed by atoms with van der Waals surface area (Å²) in [6, 6.07) is 2.47. The van der Waals surface area contributed by atoms with Crippen molar-refractivity contribution >= 4 is 11.8 Å². The summed E-state index contributed by atoms with van der Waals surface area (Å²) in [5.74, 6) is 2.37. The van der Waals surface area contributed by atoms with Crippen molar-refractivity contribution in [3.63, 3.8) is 0 Å². The molecule has 1 nitrogen and oxygen atoms in total.